The summed E-state index contributed by atoms with van der Waals surface area (Å²) < 4.78 is 34.2. The number of nitrogens with one attached hydrogen (secondary N) is 2. The second-order valence-corrected chi connectivity index (χ2v) is 10.8. The fraction of sp³-hybridized carbons (Fsp3) is 0.464. The van der Waals surface area contributed by atoms with Crippen molar-refractivity contribution in [3.05, 3.63) is 58.6 Å². The van der Waals surface area contributed by atoms with E-state index in [0.717, 1.165) is 70.3 Å². The highest BCUT2D eigenvalue weighted by atomic mass is 35.5. The lowest BCUT2D eigenvalue weighted by molar-refractivity contribution is 0.0374. The summed E-state index contributed by atoms with van der Waals surface area (Å²) in [6, 6.07) is 6.30. The number of halogens is 3. The Morgan fingerprint density at radius 1 is 1.07 bits per heavy atom. The number of aromatic nitrogens is 4. The first-order chi connectivity index (χ1) is 20.8. The third-order valence-corrected chi connectivity index (χ3v) is 7.69. The van der Waals surface area contributed by atoms with Gasteiger partial charge in [-0.1, -0.05) is 16.8 Å². The van der Waals surface area contributed by atoms with Crippen LogP contribution < -0.4 is 15.5 Å². The summed E-state index contributed by atoms with van der Waals surface area (Å²) in [5, 5.41) is 13.7. The number of piperazine rings is 1. The van der Waals surface area contributed by atoms with E-state index in [2.05, 4.69) is 40.6 Å². The van der Waals surface area contributed by atoms with Crippen LogP contribution in [-0.2, 0) is 4.74 Å². The third kappa shape index (κ3) is 7.82. The second kappa shape index (κ2) is 14.2. The number of carbonyl (C=O) groups excluding carboxylic acids is 2. The zero-order valence-corrected chi connectivity index (χ0v) is 24.6. The van der Waals surface area contributed by atoms with E-state index in [1.807, 2.05) is 13.1 Å². The van der Waals surface area contributed by atoms with Gasteiger partial charge in [0.25, 0.3) is 18.2 Å². The molecule has 2 saturated heterocycles. The average molecular weight is 618 g/mol. The summed E-state index contributed by atoms with van der Waals surface area (Å²) in [6.45, 7) is 7.67. The molecule has 0 atom stereocenters. The molecule has 1 aromatic carbocycles. The Bertz CT molecular complexity index is 1430. The van der Waals surface area contributed by atoms with Gasteiger partial charge in [0.1, 0.15) is 5.15 Å². The Hall–Kier alpha value is -3.72. The second-order valence-electron chi connectivity index (χ2n) is 10.5. The number of pyridine rings is 1. The minimum atomic E-state index is -2.91. The van der Waals surface area contributed by atoms with Crippen molar-refractivity contribution in [1.82, 2.24) is 35.1 Å². The molecule has 2 aliphatic heterocycles. The maximum Gasteiger partial charge on any atom is 0.273 e. The Labute approximate surface area is 252 Å². The summed E-state index contributed by atoms with van der Waals surface area (Å²) in [7, 11) is 2.03. The van der Waals surface area contributed by atoms with Crippen LogP contribution in [0.15, 0.2) is 36.7 Å². The fourth-order valence-corrected chi connectivity index (χ4v) is 5.17. The number of benzene rings is 1. The van der Waals surface area contributed by atoms with E-state index >= 15 is 0 Å². The Morgan fingerprint density at radius 2 is 1.84 bits per heavy atom. The smallest absolute Gasteiger partial charge is 0.273 e. The molecule has 2 aliphatic rings. The molecule has 2 N–H and O–H groups in total. The number of alkyl halides is 2. The molecule has 230 valence electrons. The molecule has 2 fully saturated rings. The topological polar surface area (TPSA) is 121 Å². The SMILES string of the molecule is CN1CCN(c2ccc(-n3cc(C(=O)NCCCN4CCOCC4)nn3)cc2NC(=O)c2cnc(Cl)cc2C(F)F)CC1. The predicted octanol–water partition coefficient (Wildman–Crippen LogP) is 2.71. The Balaban J connectivity index is 1.32. The summed E-state index contributed by atoms with van der Waals surface area (Å²) in [5.41, 5.74) is 1.01. The number of anilines is 2. The van der Waals surface area contributed by atoms with Crippen molar-refractivity contribution in [2.75, 3.05) is 82.8 Å². The fourth-order valence-electron chi connectivity index (χ4n) is 5.01. The van der Waals surface area contributed by atoms with Crippen LogP contribution in [0, 0.1) is 0 Å². The number of hydrogen-bond acceptors (Lipinski definition) is 9. The zero-order valence-electron chi connectivity index (χ0n) is 23.8. The molecule has 12 nitrogen and oxygen atoms in total. The highest BCUT2D eigenvalue weighted by Gasteiger charge is 2.23. The van der Waals surface area contributed by atoms with Gasteiger partial charge in [0, 0.05) is 57.6 Å². The number of ether oxygens (including phenoxy) is 1. The van der Waals surface area contributed by atoms with Gasteiger partial charge in [0.05, 0.1) is 42.0 Å². The van der Waals surface area contributed by atoms with E-state index in [9.17, 15) is 18.4 Å². The lowest BCUT2D eigenvalue weighted by Crippen LogP contribution is -2.44. The van der Waals surface area contributed by atoms with Gasteiger partial charge >= 0.3 is 0 Å². The average Bonchev–Trinajstić information content (AvgIpc) is 3.51. The van der Waals surface area contributed by atoms with Crippen LogP contribution in [0.4, 0.5) is 20.2 Å². The lowest BCUT2D eigenvalue weighted by Gasteiger charge is -2.35. The molecular weight excluding hydrogens is 584 g/mol. The zero-order chi connectivity index (χ0) is 30.3. The predicted molar refractivity (Wildman–Crippen MR) is 157 cm³/mol. The van der Waals surface area contributed by atoms with Gasteiger partial charge < -0.3 is 25.2 Å². The van der Waals surface area contributed by atoms with Gasteiger partial charge in [-0.25, -0.2) is 18.4 Å². The molecule has 2 aromatic heterocycles. The highest BCUT2D eigenvalue weighted by Crippen LogP contribution is 2.31. The van der Waals surface area contributed by atoms with Crippen molar-refractivity contribution in [1.29, 1.82) is 0 Å². The van der Waals surface area contributed by atoms with E-state index in [1.54, 1.807) is 12.1 Å². The first-order valence-electron chi connectivity index (χ1n) is 14.1. The molecule has 2 amide bonds. The van der Waals surface area contributed by atoms with Gasteiger partial charge in [-0.15, -0.1) is 5.10 Å². The summed E-state index contributed by atoms with van der Waals surface area (Å²) in [4.78, 5) is 36.4. The molecule has 0 aliphatic carbocycles. The van der Waals surface area contributed by atoms with Crippen LogP contribution in [0.2, 0.25) is 5.15 Å². The van der Waals surface area contributed by atoms with Gasteiger partial charge in [-0.2, -0.15) is 0 Å². The standard InChI is InChI=1S/C28H34ClF2N9O3/c1-37-7-9-39(10-8-37)24-4-3-19(15-22(24)34-27(41)21-17-33-25(29)16-20(21)26(30)31)40-18-23(35-36-40)28(42)32-5-2-6-38-11-13-43-14-12-38/h3-4,15-18,26H,2,5-14H2,1H3,(H,32,42)(H,34,41). The third-order valence-electron chi connectivity index (χ3n) is 7.49. The van der Waals surface area contributed by atoms with Crippen LogP contribution in [0.3, 0.4) is 0 Å². The summed E-state index contributed by atoms with van der Waals surface area (Å²) in [5.74, 6) is -1.09. The molecule has 0 bridgehead atoms. The number of carbonyl (C=O) groups is 2. The van der Waals surface area contributed by atoms with E-state index in [4.69, 9.17) is 16.3 Å². The summed E-state index contributed by atoms with van der Waals surface area (Å²) in [6.07, 6.45) is 0.435. The Morgan fingerprint density at radius 3 is 2.58 bits per heavy atom. The molecule has 3 aromatic rings. The normalized spacial score (nSPS) is 16.4. The molecule has 5 rings (SSSR count). The largest absolute Gasteiger partial charge is 0.379 e. The van der Waals surface area contributed by atoms with Crippen molar-refractivity contribution in [2.45, 2.75) is 12.8 Å². The van der Waals surface area contributed by atoms with Crippen LogP contribution in [0.5, 0.6) is 0 Å². The number of rotatable bonds is 10. The highest BCUT2D eigenvalue weighted by molar-refractivity contribution is 6.29. The molecule has 0 spiro atoms. The number of amides is 2. The minimum Gasteiger partial charge on any atom is -0.379 e. The van der Waals surface area contributed by atoms with Gasteiger partial charge in [0.15, 0.2) is 5.69 Å². The van der Waals surface area contributed by atoms with Gasteiger partial charge in [0.2, 0.25) is 0 Å². The molecule has 0 unspecified atom stereocenters. The van der Waals surface area contributed by atoms with Crippen molar-refractivity contribution < 1.29 is 23.1 Å². The van der Waals surface area contributed by atoms with E-state index in [1.165, 1.54) is 10.9 Å². The number of nitrogens with zero attached hydrogens (tertiary/aromatic N) is 7. The number of hydrogen-bond donors (Lipinski definition) is 2. The molecule has 0 saturated carbocycles. The van der Waals surface area contributed by atoms with Gasteiger partial charge in [-0.3, -0.25) is 14.5 Å². The van der Waals surface area contributed by atoms with Crippen molar-refractivity contribution in [3.8, 4) is 5.69 Å². The molecule has 43 heavy (non-hydrogen) atoms. The van der Waals surface area contributed by atoms with Crippen molar-refractivity contribution >= 4 is 34.8 Å². The number of likely N-dealkylation sites (N-methyl/N-ethyl adjacent to an activating group) is 1. The summed E-state index contributed by atoms with van der Waals surface area (Å²) >= 11 is 5.81. The van der Waals surface area contributed by atoms with Gasteiger partial charge in [-0.05, 0) is 44.3 Å². The van der Waals surface area contributed by atoms with Crippen molar-refractivity contribution in [2.24, 2.45) is 0 Å². The van der Waals surface area contributed by atoms with Crippen LogP contribution in [0.1, 0.15) is 39.3 Å². The van der Waals surface area contributed by atoms with Crippen LogP contribution in [-0.4, -0.2) is 114 Å². The monoisotopic (exact) mass is 617 g/mol. The molecule has 15 heteroatoms. The molecular formula is C28H34ClF2N9O3. The van der Waals surface area contributed by atoms with E-state index < -0.39 is 17.9 Å². The maximum atomic E-state index is 13.7. The minimum absolute atomic E-state index is 0.130. The molecule has 4 heterocycles. The molecule has 0 radical (unpaired) electrons. The van der Waals surface area contributed by atoms with E-state index in [-0.39, 0.29) is 22.3 Å². The Kier molecular flexibility index (Phi) is 10.1. The lowest BCUT2D eigenvalue weighted by atomic mass is 10.1. The van der Waals surface area contributed by atoms with Crippen LogP contribution in [0.25, 0.3) is 5.69 Å². The van der Waals surface area contributed by atoms with E-state index in [0.29, 0.717) is 31.0 Å². The number of morpholine rings is 1. The first kappa shape index (κ1) is 30.7. The maximum absolute atomic E-state index is 13.7. The quantitative estimate of drug-likeness (QED) is 0.261. The van der Waals surface area contributed by atoms with Crippen molar-refractivity contribution in [3.63, 3.8) is 0 Å². The van der Waals surface area contributed by atoms with Crippen LogP contribution >= 0.6 is 11.6 Å². The first-order valence-corrected chi connectivity index (χ1v) is 14.5.